The highest BCUT2D eigenvalue weighted by Gasteiger charge is 2.24. The Morgan fingerprint density at radius 2 is 2.22 bits per heavy atom. The average molecular weight is 266 g/mol. The number of ether oxygens (including phenoxy) is 1. The van der Waals surface area contributed by atoms with Crippen molar-refractivity contribution in [3.63, 3.8) is 0 Å². The molecular formula is C14H18O3S. The van der Waals surface area contributed by atoms with Gasteiger partial charge in [-0.3, -0.25) is 9.00 Å². The van der Waals surface area contributed by atoms with Crippen LogP contribution >= 0.6 is 0 Å². The molecule has 2 unspecified atom stereocenters. The second-order valence-electron chi connectivity index (χ2n) is 4.68. The molecule has 0 N–H and O–H groups in total. The number of carbonyl (C=O) groups excluding carboxylic acids is 1. The van der Waals surface area contributed by atoms with Crippen LogP contribution in [0, 0.1) is 12.8 Å². The first-order valence-corrected chi connectivity index (χ1v) is 7.65. The van der Waals surface area contributed by atoms with Crippen molar-refractivity contribution < 1.29 is 13.7 Å². The van der Waals surface area contributed by atoms with Gasteiger partial charge in [0.2, 0.25) is 0 Å². The van der Waals surface area contributed by atoms with Crippen LogP contribution in [0.2, 0.25) is 0 Å². The first-order valence-electron chi connectivity index (χ1n) is 6.17. The number of hydrogen-bond donors (Lipinski definition) is 0. The molecule has 1 fully saturated rings. The molecule has 2 atom stereocenters. The molecule has 0 aromatic heterocycles. The number of rotatable bonds is 5. The maximum atomic E-state index is 12.0. The molecule has 2 rings (SSSR count). The van der Waals surface area contributed by atoms with Gasteiger partial charge in [-0.05, 0) is 24.5 Å². The summed E-state index contributed by atoms with van der Waals surface area (Å²) in [5.41, 5.74) is 2.19. The van der Waals surface area contributed by atoms with Crippen LogP contribution in [0.4, 0.5) is 0 Å². The summed E-state index contributed by atoms with van der Waals surface area (Å²) in [5.74, 6) is 0.666. The zero-order valence-electron chi connectivity index (χ0n) is 10.6. The summed E-state index contributed by atoms with van der Waals surface area (Å²) >= 11 is 0. The molecule has 0 bridgehead atoms. The van der Waals surface area contributed by atoms with Crippen molar-refractivity contribution in [2.24, 2.45) is 5.92 Å². The minimum Gasteiger partial charge on any atom is -0.381 e. The van der Waals surface area contributed by atoms with E-state index in [1.807, 2.05) is 31.2 Å². The average Bonchev–Trinajstić information content (AvgIpc) is 2.85. The Morgan fingerprint density at radius 1 is 1.44 bits per heavy atom. The Morgan fingerprint density at radius 3 is 2.89 bits per heavy atom. The molecule has 1 aliphatic heterocycles. The zero-order chi connectivity index (χ0) is 13.0. The Kier molecular flexibility index (Phi) is 4.66. The van der Waals surface area contributed by atoms with E-state index in [1.54, 1.807) is 0 Å². The fourth-order valence-electron chi connectivity index (χ4n) is 2.06. The van der Waals surface area contributed by atoms with Crippen LogP contribution < -0.4 is 0 Å². The highest BCUT2D eigenvalue weighted by molar-refractivity contribution is 7.84. The standard InChI is InChI=1S/C14H18O3S/c1-11-4-2-3-5-13(11)9-18(16)10-14(15)12-6-7-17-8-12/h2-5,12H,6-10H2,1H3. The highest BCUT2D eigenvalue weighted by Crippen LogP contribution is 2.15. The zero-order valence-corrected chi connectivity index (χ0v) is 11.4. The van der Waals surface area contributed by atoms with Crippen molar-refractivity contribution in [1.82, 2.24) is 0 Å². The quantitative estimate of drug-likeness (QED) is 0.817. The van der Waals surface area contributed by atoms with Gasteiger partial charge >= 0.3 is 0 Å². The molecule has 1 aromatic rings. The van der Waals surface area contributed by atoms with Crippen molar-refractivity contribution in [3.8, 4) is 0 Å². The minimum absolute atomic E-state index is 0.0363. The summed E-state index contributed by atoms with van der Waals surface area (Å²) in [6, 6.07) is 7.87. The third-order valence-electron chi connectivity index (χ3n) is 3.27. The molecule has 1 saturated heterocycles. The van der Waals surface area contributed by atoms with Crippen molar-refractivity contribution in [2.45, 2.75) is 19.1 Å². The summed E-state index contributed by atoms with van der Waals surface area (Å²) in [7, 11) is -1.11. The van der Waals surface area contributed by atoms with Crippen LogP contribution in [0.15, 0.2) is 24.3 Å². The van der Waals surface area contributed by atoms with Crippen LogP contribution in [0.1, 0.15) is 17.5 Å². The van der Waals surface area contributed by atoms with Crippen LogP contribution in [0.5, 0.6) is 0 Å². The van der Waals surface area contributed by atoms with Crippen molar-refractivity contribution in [3.05, 3.63) is 35.4 Å². The monoisotopic (exact) mass is 266 g/mol. The lowest BCUT2D eigenvalue weighted by atomic mass is 10.1. The van der Waals surface area contributed by atoms with E-state index in [4.69, 9.17) is 4.74 Å². The van der Waals surface area contributed by atoms with Gasteiger partial charge in [-0.1, -0.05) is 24.3 Å². The number of ketones is 1. The number of benzene rings is 1. The number of aryl methyl sites for hydroxylation is 1. The number of hydrogen-bond acceptors (Lipinski definition) is 3. The maximum absolute atomic E-state index is 12.0. The van der Waals surface area contributed by atoms with E-state index in [0.29, 0.717) is 19.0 Å². The number of carbonyl (C=O) groups is 1. The Bertz CT molecular complexity index is 450. The fraction of sp³-hybridized carbons (Fsp3) is 0.500. The largest absolute Gasteiger partial charge is 0.381 e. The van der Waals surface area contributed by atoms with Gasteiger partial charge in [0.1, 0.15) is 0 Å². The minimum atomic E-state index is -1.11. The molecule has 0 radical (unpaired) electrons. The van der Waals surface area contributed by atoms with Crippen LogP contribution in [0.3, 0.4) is 0 Å². The van der Waals surface area contributed by atoms with Crippen LogP contribution in [-0.4, -0.2) is 29.0 Å². The van der Waals surface area contributed by atoms with E-state index < -0.39 is 10.8 Å². The van der Waals surface area contributed by atoms with E-state index in [0.717, 1.165) is 17.5 Å². The molecule has 0 saturated carbocycles. The SMILES string of the molecule is Cc1ccccc1CS(=O)CC(=O)C1CCOC1. The first kappa shape index (κ1) is 13.4. The molecule has 0 spiro atoms. The summed E-state index contributed by atoms with van der Waals surface area (Å²) < 4.78 is 17.2. The van der Waals surface area contributed by atoms with E-state index in [9.17, 15) is 9.00 Å². The second-order valence-corrected chi connectivity index (χ2v) is 6.14. The smallest absolute Gasteiger partial charge is 0.150 e. The van der Waals surface area contributed by atoms with E-state index in [-0.39, 0.29) is 17.5 Å². The maximum Gasteiger partial charge on any atom is 0.150 e. The number of Topliss-reactive ketones (excluding diaryl/α,β-unsaturated/α-hetero) is 1. The lowest BCUT2D eigenvalue weighted by Gasteiger charge is -2.08. The van der Waals surface area contributed by atoms with Gasteiger partial charge in [-0.25, -0.2) is 0 Å². The normalized spacial score (nSPS) is 20.8. The molecule has 4 heteroatoms. The van der Waals surface area contributed by atoms with E-state index in [2.05, 4.69) is 0 Å². The summed E-state index contributed by atoms with van der Waals surface area (Å²) in [6.07, 6.45) is 0.778. The van der Waals surface area contributed by atoms with Gasteiger partial charge in [0, 0.05) is 29.1 Å². The molecule has 0 amide bonds. The summed E-state index contributed by atoms with van der Waals surface area (Å²) in [6.45, 7) is 3.15. The van der Waals surface area contributed by atoms with Gasteiger partial charge in [0.25, 0.3) is 0 Å². The molecule has 98 valence electrons. The van der Waals surface area contributed by atoms with Gasteiger partial charge in [-0.2, -0.15) is 0 Å². The third-order valence-corrected chi connectivity index (χ3v) is 4.51. The van der Waals surface area contributed by atoms with Gasteiger partial charge in [0.05, 0.1) is 12.4 Å². The first-order chi connectivity index (χ1) is 8.66. The molecule has 0 aliphatic carbocycles. The topological polar surface area (TPSA) is 43.4 Å². The van der Waals surface area contributed by atoms with Crippen molar-refractivity contribution >= 4 is 16.6 Å². The van der Waals surface area contributed by atoms with Crippen molar-refractivity contribution in [2.75, 3.05) is 19.0 Å². The van der Waals surface area contributed by atoms with E-state index in [1.165, 1.54) is 0 Å². The lowest BCUT2D eigenvalue weighted by Crippen LogP contribution is -2.21. The van der Waals surface area contributed by atoms with Gasteiger partial charge in [0.15, 0.2) is 5.78 Å². The van der Waals surface area contributed by atoms with Gasteiger partial charge in [-0.15, -0.1) is 0 Å². The molecule has 1 aromatic carbocycles. The summed E-state index contributed by atoms with van der Waals surface area (Å²) in [4.78, 5) is 11.9. The molecule has 3 nitrogen and oxygen atoms in total. The Labute approximate surface area is 110 Å². The molecular weight excluding hydrogens is 248 g/mol. The highest BCUT2D eigenvalue weighted by atomic mass is 32.2. The predicted octanol–water partition coefficient (Wildman–Crippen LogP) is 1.85. The van der Waals surface area contributed by atoms with E-state index >= 15 is 0 Å². The Hall–Kier alpha value is -1.00. The predicted molar refractivity (Wildman–Crippen MR) is 71.8 cm³/mol. The summed E-state index contributed by atoms with van der Waals surface area (Å²) in [5, 5.41) is 0. The van der Waals surface area contributed by atoms with Crippen molar-refractivity contribution in [1.29, 1.82) is 0 Å². The Balaban J connectivity index is 1.89. The second kappa shape index (κ2) is 6.25. The molecule has 1 aliphatic rings. The van der Waals surface area contributed by atoms with Crippen LogP contribution in [-0.2, 0) is 26.1 Å². The molecule has 18 heavy (non-hydrogen) atoms. The fourth-order valence-corrected chi connectivity index (χ4v) is 3.39. The lowest BCUT2D eigenvalue weighted by molar-refractivity contribution is -0.120. The molecule has 1 heterocycles. The van der Waals surface area contributed by atoms with Gasteiger partial charge < -0.3 is 4.74 Å². The third kappa shape index (κ3) is 3.50. The van der Waals surface area contributed by atoms with Crippen LogP contribution in [0.25, 0.3) is 0 Å².